The molecule has 29 heavy (non-hydrogen) atoms. The van der Waals surface area contributed by atoms with Crippen LogP contribution in [0.5, 0.6) is 0 Å². The van der Waals surface area contributed by atoms with Gasteiger partial charge >= 0.3 is 0 Å². The number of aryl methyl sites for hydroxylation is 1. The number of likely N-dealkylation sites (tertiary alicyclic amines) is 1. The molecule has 3 heterocycles. The van der Waals surface area contributed by atoms with E-state index in [1.54, 1.807) is 0 Å². The summed E-state index contributed by atoms with van der Waals surface area (Å²) in [6.07, 6.45) is 5.27. The number of aliphatic imine (C=N–C) groups is 1. The van der Waals surface area contributed by atoms with E-state index in [4.69, 9.17) is 9.73 Å². The number of likely N-dealkylation sites (N-methyl/N-ethyl adjacent to an activating group) is 1. The highest BCUT2D eigenvalue weighted by Crippen LogP contribution is 2.20. The normalized spacial score (nSPS) is 22.0. The molecule has 166 valence electrons. The van der Waals surface area contributed by atoms with Crippen molar-refractivity contribution < 1.29 is 4.74 Å². The van der Waals surface area contributed by atoms with E-state index in [0.717, 1.165) is 58.4 Å². The van der Waals surface area contributed by atoms with Gasteiger partial charge in [-0.25, -0.2) is 0 Å². The first kappa shape index (κ1) is 24.4. The topological polar surface area (TPSA) is 61.2 Å². The molecule has 2 aliphatic rings. The van der Waals surface area contributed by atoms with E-state index in [2.05, 4.69) is 52.3 Å². The van der Waals surface area contributed by atoms with Crippen LogP contribution < -0.4 is 5.32 Å². The molecule has 1 N–H and O–H groups in total. The maximum Gasteiger partial charge on any atom is 0.193 e. The predicted molar refractivity (Wildman–Crippen MR) is 128 cm³/mol. The van der Waals surface area contributed by atoms with Crippen LogP contribution in [0.2, 0.25) is 0 Å². The predicted octanol–water partition coefficient (Wildman–Crippen LogP) is 1.26. The zero-order valence-corrected chi connectivity index (χ0v) is 20.7. The summed E-state index contributed by atoms with van der Waals surface area (Å²) < 4.78 is 7.33. The molecular formula is C20H38IN7O. The standard InChI is InChI=1S/C20H37N7O.HI/c1-5-21-20(22-13-19(24(2)3)18-12-23-25(4)16-18)27-7-6-17(15-27)14-26-8-10-28-11-9-26;/h12,16-17,19H,5-11,13-15H2,1-4H3,(H,21,22);1H. The average Bonchev–Trinajstić information content (AvgIpc) is 3.31. The number of halogens is 1. The average molecular weight is 519 g/mol. The molecule has 0 bridgehead atoms. The van der Waals surface area contributed by atoms with E-state index >= 15 is 0 Å². The summed E-state index contributed by atoms with van der Waals surface area (Å²) in [7, 11) is 6.17. The van der Waals surface area contributed by atoms with Crippen molar-refractivity contribution in [3.8, 4) is 0 Å². The fraction of sp³-hybridized carbons (Fsp3) is 0.800. The fourth-order valence-corrected chi connectivity index (χ4v) is 4.10. The third-order valence-electron chi connectivity index (χ3n) is 5.69. The Bertz CT molecular complexity index is 630. The Labute approximate surface area is 192 Å². The summed E-state index contributed by atoms with van der Waals surface area (Å²) in [5.74, 6) is 1.76. The summed E-state index contributed by atoms with van der Waals surface area (Å²) in [4.78, 5) is 12.2. The van der Waals surface area contributed by atoms with Crippen molar-refractivity contribution in [1.82, 2.24) is 29.8 Å². The summed E-state index contributed by atoms with van der Waals surface area (Å²) >= 11 is 0. The highest BCUT2D eigenvalue weighted by atomic mass is 127. The van der Waals surface area contributed by atoms with Gasteiger partial charge in [0.05, 0.1) is 32.0 Å². The SMILES string of the molecule is CCNC(=NCC(c1cnn(C)c1)N(C)C)N1CCC(CN2CCOCC2)C1.I. The maximum atomic E-state index is 5.48. The minimum absolute atomic E-state index is 0. The van der Waals surface area contributed by atoms with E-state index < -0.39 is 0 Å². The van der Waals surface area contributed by atoms with Crippen molar-refractivity contribution in [1.29, 1.82) is 0 Å². The number of aromatic nitrogens is 2. The van der Waals surface area contributed by atoms with Crippen molar-refractivity contribution in [2.45, 2.75) is 19.4 Å². The van der Waals surface area contributed by atoms with Crippen LogP contribution in [0.25, 0.3) is 0 Å². The molecule has 2 aliphatic heterocycles. The number of ether oxygens (including phenoxy) is 1. The van der Waals surface area contributed by atoms with Crippen LogP contribution in [-0.4, -0.2) is 104 Å². The molecule has 0 aliphatic carbocycles. The third kappa shape index (κ3) is 7.08. The number of morpholine rings is 1. The lowest BCUT2D eigenvalue weighted by Gasteiger charge is -2.29. The highest BCUT2D eigenvalue weighted by Gasteiger charge is 2.27. The van der Waals surface area contributed by atoms with Crippen LogP contribution in [0.15, 0.2) is 17.4 Å². The van der Waals surface area contributed by atoms with Crippen LogP contribution in [-0.2, 0) is 11.8 Å². The molecular weight excluding hydrogens is 481 g/mol. The number of guanidine groups is 1. The molecule has 2 saturated heterocycles. The van der Waals surface area contributed by atoms with Crippen molar-refractivity contribution in [3.05, 3.63) is 18.0 Å². The van der Waals surface area contributed by atoms with Crippen LogP contribution in [0, 0.1) is 5.92 Å². The van der Waals surface area contributed by atoms with Gasteiger partial charge in [-0.05, 0) is 33.4 Å². The van der Waals surface area contributed by atoms with Gasteiger partial charge in [0, 0.05) is 58.1 Å². The Hall–Kier alpha value is -0.910. The second kappa shape index (κ2) is 12.1. The van der Waals surface area contributed by atoms with Gasteiger partial charge in [0.1, 0.15) is 0 Å². The summed E-state index contributed by atoms with van der Waals surface area (Å²) in [5, 5.41) is 7.83. The fourth-order valence-electron chi connectivity index (χ4n) is 4.10. The number of nitrogens with zero attached hydrogens (tertiary/aromatic N) is 6. The Morgan fingerprint density at radius 1 is 1.34 bits per heavy atom. The second-order valence-electron chi connectivity index (χ2n) is 8.14. The van der Waals surface area contributed by atoms with E-state index in [1.807, 2.05) is 17.9 Å². The molecule has 1 aromatic rings. The van der Waals surface area contributed by atoms with E-state index in [0.29, 0.717) is 5.92 Å². The Balaban J connectivity index is 0.00000300. The summed E-state index contributed by atoms with van der Waals surface area (Å²) in [5.41, 5.74) is 1.21. The molecule has 1 aromatic heterocycles. The van der Waals surface area contributed by atoms with Crippen molar-refractivity contribution >= 4 is 29.9 Å². The lowest BCUT2D eigenvalue weighted by molar-refractivity contribution is 0.0315. The van der Waals surface area contributed by atoms with E-state index in [-0.39, 0.29) is 30.0 Å². The molecule has 0 amide bonds. The van der Waals surface area contributed by atoms with Gasteiger partial charge in [0.15, 0.2) is 5.96 Å². The molecule has 2 atom stereocenters. The number of nitrogens with one attached hydrogen (secondary N) is 1. The van der Waals surface area contributed by atoms with Crippen molar-refractivity contribution in [3.63, 3.8) is 0 Å². The van der Waals surface area contributed by atoms with E-state index in [9.17, 15) is 0 Å². The summed E-state index contributed by atoms with van der Waals surface area (Å²) in [6.45, 7) is 11.0. The molecule has 2 fully saturated rings. The minimum atomic E-state index is 0. The van der Waals surface area contributed by atoms with Crippen molar-refractivity contribution in [2.75, 3.05) is 73.1 Å². The second-order valence-corrected chi connectivity index (χ2v) is 8.14. The van der Waals surface area contributed by atoms with Crippen molar-refractivity contribution in [2.24, 2.45) is 18.0 Å². The molecule has 8 nitrogen and oxygen atoms in total. The molecule has 2 unspecified atom stereocenters. The number of hydrogen-bond acceptors (Lipinski definition) is 5. The van der Waals surface area contributed by atoms with Gasteiger partial charge in [0.2, 0.25) is 0 Å². The zero-order chi connectivity index (χ0) is 19.9. The minimum Gasteiger partial charge on any atom is -0.379 e. The van der Waals surface area contributed by atoms with Crippen LogP contribution in [0.3, 0.4) is 0 Å². The Morgan fingerprint density at radius 3 is 2.72 bits per heavy atom. The van der Waals surface area contributed by atoms with E-state index in [1.165, 1.54) is 18.5 Å². The zero-order valence-electron chi connectivity index (χ0n) is 18.4. The van der Waals surface area contributed by atoms with Crippen LogP contribution in [0.1, 0.15) is 24.9 Å². The molecule has 0 spiro atoms. The molecule has 9 heteroatoms. The first-order valence-corrected chi connectivity index (χ1v) is 10.5. The summed E-state index contributed by atoms with van der Waals surface area (Å²) in [6, 6.07) is 0.231. The third-order valence-corrected chi connectivity index (χ3v) is 5.69. The maximum absolute atomic E-state index is 5.48. The first-order chi connectivity index (χ1) is 13.6. The number of rotatable bonds is 7. The van der Waals surface area contributed by atoms with Crippen LogP contribution >= 0.6 is 24.0 Å². The highest BCUT2D eigenvalue weighted by molar-refractivity contribution is 14.0. The van der Waals surface area contributed by atoms with Gasteiger partial charge in [-0.3, -0.25) is 14.6 Å². The van der Waals surface area contributed by atoms with Gasteiger partial charge in [-0.1, -0.05) is 0 Å². The molecule has 0 saturated carbocycles. The molecule has 0 radical (unpaired) electrons. The quantitative estimate of drug-likeness (QED) is 0.333. The van der Waals surface area contributed by atoms with Gasteiger partial charge < -0.3 is 19.9 Å². The van der Waals surface area contributed by atoms with Gasteiger partial charge in [-0.2, -0.15) is 5.10 Å². The van der Waals surface area contributed by atoms with Gasteiger partial charge in [-0.15, -0.1) is 24.0 Å². The monoisotopic (exact) mass is 519 g/mol. The van der Waals surface area contributed by atoms with Crippen LogP contribution in [0.4, 0.5) is 0 Å². The molecule has 3 rings (SSSR count). The Kier molecular flexibility index (Phi) is 10.1. The Morgan fingerprint density at radius 2 is 2.10 bits per heavy atom. The first-order valence-electron chi connectivity index (χ1n) is 10.5. The largest absolute Gasteiger partial charge is 0.379 e. The molecule has 0 aromatic carbocycles. The smallest absolute Gasteiger partial charge is 0.193 e. The van der Waals surface area contributed by atoms with Gasteiger partial charge in [0.25, 0.3) is 0 Å². The number of hydrogen-bond donors (Lipinski definition) is 1. The lowest BCUT2D eigenvalue weighted by atomic mass is 10.1. The lowest BCUT2D eigenvalue weighted by Crippen LogP contribution is -2.42.